The number of nitrogens with one attached hydrogen (secondary N) is 1. The van der Waals surface area contributed by atoms with Crippen molar-refractivity contribution < 1.29 is 28.9 Å². The van der Waals surface area contributed by atoms with Gasteiger partial charge >= 0.3 is 0 Å². The van der Waals surface area contributed by atoms with E-state index in [1.807, 2.05) is 16.2 Å². The molecule has 5 heterocycles. The molecular formula is C19H21N9O5S2. The molecule has 14 nitrogen and oxygen atoms in total. The number of aliphatic carboxylic acids is 1. The highest BCUT2D eigenvalue weighted by molar-refractivity contribution is 8.00. The first-order valence-corrected chi connectivity index (χ1v) is 12.5. The zero-order valence-corrected chi connectivity index (χ0v) is 20.4. The zero-order valence-electron chi connectivity index (χ0n) is 18.8. The van der Waals surface area contributed by atoms with Crippen LogP contribution in [0.2, 0.25) is 0 Å². The van der Waals surface area contributed by atoms with Crippen LogP contribution in [0, 0.1) is 6.92 Å². The minimum Gasteiger partial charge on any atom is -0.543 e. The third-order valence-corrected chi connectivity index (χ3v) is 7.85. The van der Waals surface area contributed by atoms with Crippen molar-refractivity contribution in [1.82, 2.24) is 29.4 Å². The second kappa shape index (κ2) is 8.92. The minimum absolute atomic E-state index is 0.0366. The van der Waals surface area contributed by atoms with Gasteiger partial charge in [-0.25, -0.2) is 4.57 Å². The number of carboxylic acid groups (broad SMARTS) is 1. The van der Waals surface area contributed by atoms with Gasteiger partial charge < -0.3 is 25.8 Å². The lowest BCUT2D eigenvalue weighted by Crippen LogP contribution is -2.71. The first kappa shape index (κ1) is 23.2. The number of oxime groups is 1. The molecule has 2 amide bonds. The summed E-state index contributed by atoms with van der Waals surface area (Å²) in [4.78, 5) is 47.8. The number of nitrogens with zero attached hydrogens (tertiary/aromatic N) is 7. The number of fused-ring (bicyclic) bond motifs is 2. The number of nitrogen functional groups attached to an aromatic ring is 1. The average Bonchev–Trinajstić information content (AvgIpc) is 3.53. The second-order valence-electron chi connectivity index (χ2n) is 8.06. The molecule has 35 heavy (non-hydrogen) atoms. The second-order valence-corrected chi connectivity index (χ2v) is 9.94. The molecule has 3 aliphatic heterocycles. The predicted molar refractivity (Wildman–Crippen MR) is 120 cm³/mol. The summed E-state index contributed by atoms with van der Waals surface area (Å²) < 4.78 is 7.86. The number of carbonyl (C=O) groups excluding carboxylic acids is 3. The molecule has 3 N–H and O–H groups in total. The van der Waals surface area contributed by atoms with Crippen molar-refractivity contribution in [3.63, 3.8) is 0 Å². The van der Waals surface area contributed by atoms with Crippen LogP contribution in [0.1, 0.15) is 23.9 Å². The van der Waals surface area contributed by atoms with E-state index in [-0.39, 0.29) is 22.4 Å². The van der Waals surface area contributed by atoms with E-state index in [4.69, 9.17) is 10.6 Å². The number of nitrogens with two attached hydrogens (primary N) is 1. The molecule has 2 aromatic heterocycles. The molecule has 2 aromatic rings. The molecule has 0 unspecified atom stereocenters. The van der Waals surface area contributed by atoms with Crippen molar-refractivity contribution in [2.45, 2.75) is 44.3 Å². The minimum atomic E-state index is -1.44. The summed E-state index contributed by atoms with van der Waals surface area (Å²) in [7, 11) is 1.25. The summed E-state index contributed by atoms with van der Waals surface area (Å²) >= 11 is 2.24. The Balaban J connectivity index is 1.37. The van der Waals surface area contributed by atoms with Gasteiger partial charge in [0.2, 0.25) is 17.4 Å². The van der Waals surface area contributed by atoms with Crippen molar-refractivity contribution in [3.05, 3.63) is 28.7 Å². The summed E-state index contributed by atoms with van der Waals surface area (Å²) in [6.45, 7) is 3.00. The molecule has 0 bridgehead atoms. The highest BCUT2D eigenvalue weighted by Crippen LogP contribution is 2.40. The van der Waals surface area contributed by atoms with E-state index in [0.717, 1.165) is 42.6 Å². The molecule has 3 aliphatic rings. The third kappa shape index (κ3) is 3.91. The summed E-state index contributed by atoms with van der Waals surface area (Å²) in [5.41, 5.74) is 5.74. The van der Waals surface area contributed by atoms with E-state index in [9.17, 15) is 19.5 Å². The van der Waals surface area contributed by atoms with Gasteiger partial charge in [0, 0.05) is 35.7 Å². The molecule has 1 fully saturated rings. The Morgan fingerprint density at radius 3 is 2.91 bits per heavy atom. The maximum Gasteiger partial charge on any atom is 0.278 e. The van der Waals surface area contributed by atoms with E-state index in [0.29, 0.717) is 17.9 Å². The van der Waals surface area contributed by atoms with Gasteiger partial charge in [-0.15, -0.1) is 16.4 Å². The van der Waals surface area contributed by atoms with Gasteiger partial charge in [-0.1, -0.05) is 5.16 Å². The fraction of sp³-hybridized carbons (Fsp3) is 0.474. The molecule has 184 valence electrons. The van der Waals surface area contributed by atoms with Crippen molar-refractivity contribution >= 4 is 51.9 Å². The molecule has 0 aliphatic carbocycles. The van der Waals surface area contributed by atoms with Gasteiger partial charge in [0.25, 0.3) is 17.6 Å². The fourth-order valence-electron chi connectivity index (χ4n) is 4.45. The summed E-state index contributed by atoms with van der Waals surface area (Å²) in [6.07, 6.45) is 1.83. The van der Waals surface area contributed by atoms with Crippen molar-refractivity contribution in [2.75, 3.05) is 18.6 Å². The van der Waals surface area contributed by atoms with Gasteiger partial charge in [0.05, 0.1) is 18.2 Å². The maximum atomic E-state index is 13.0. The van der Waals surface area contributed by atoms with Gasteiger partial charge in [-0.05, 0) is 12.0 Å². The number of amides is 2. The van der Waals surface area contributed by atoms with Crippen LogP contribution in [0.15, 0.2) is 16.4 Å². The molecule has 16 heteroatoms. The Morgan fingerprint density at radius 2 is 2.23 bits per heavy atom. The summed E-state index contributed by atoms with van der Waals surface area (Å²) in [6, 6.07) is -0.962. The Bertz CT molecular complexity index is 1300. The van der Waals surface area contributed by atoms with E-state index in [2.05, 4.69) is 24.9 Å². The largest absolute Gasteiger partial charge is 0.543 e. The summed E-state index contributed by atoms with van der Waals surface area (Å²) in [5, 5.41) is 22.4. The standard InChI is InChI=1S/C19H21N9O5S2/c1-8-23-27-5-3-4-10(27)26(8)6-9-7-34-17-12(16(30)28(17)13(9)18(31)32)21-15(29)11(24-33-2)14-22-19(20)35-25-14/h12,17H,3-7H2,1-2H3,(H3-,20,21,22,25,29,31,32)/b24-11-/t12-,17-/m1/s1. The molecule has 0 spiro atoms. The number of β-lactam (4-membered cyclic amide) rings is 1. The third-order valence-electron chi connectivity index (χ3n) is 5.96. The Hall–Kier alpha value is -3.53. The number of hydrogen-bond donors (Lipinski definition) is 2. The quantitative estimate of drug-likeness (QED) is 0.169. The lowest BCUT2D eigenvalue weighted by molar-refractivity contribution is -0.702. The van der Waals surface area contributed by atoms with E-state index in [1.54, 1.807) is 0 Å². The number of aromatic nitrogens is 5. The average molecular weight is 520 g/mol. The first-order chi connectivity index (χ1) is 16.8. The molecule has 0 radical (unpaired) electrons. The highest BCUT2D eigenvalue weighted by Gasteiger charge is 2.53. The smallest absolute Gasteiger partial charge is 0.278 e. The molecule has 0 saturated carbocycles. The monoisotopic (exact) mass is 519 g/mol. The van der Waals surface area contributed by atoms with Crippen LogP contribution in [0.5, 0.6) is 0 Å². The number of carbonyl (C=O) groups is 3. The van der Waals surface area contributed by atoms with Crippen LogP contribution < -0.4 is 20.7 Å². The Labute approximate surface area is 207 Å². The molecule has 0 aromatic carbocycles. The van der Waals surface area contributed by atoms with Gasteiger partial charge in [-0.3, -0.25) is 14.5 Å². The number of aryl methyl sites for hydroxylation is 2. The van der Waals surface area contributed by atoms with Crippen LogP contribution in [-0.4, -0.2) is 71.8 Å². The Kier molecular flexibility index (Phi) is 5.92. The van der Waals surface area contributed by atoms with E-state index < -0.39 is 29.2 Å². The zero-order chi connectivity index (χ0) is 24.9. The normalized spacial score (nSPS) is 21.5. The van der Waals surface area contributed by atoms with Gasteiger partial charge in [0.1, 0.15) is 25.1 Å². The Morgan fingerprint density at radius 1 is 1.43 bits per heavy atom. The maximum absolute atomic E-state index is 13.0. The number of hydrogen-bond acceptors (Lipinski definition) is 12. The van der Waals surface area contributed by atoms with Crippen LogP contribution in [-0.2, 0) is 38.7 Å². The number of carboxylic acids is 1. The van der Waals surface area contributed by atoms with Crippen LogP contribution in [0.3, 0.4) is 0 Å². The molecule has 1 saturated heterocycles. The lowest BCUT2D eigenvalue weighted by atomic mass is 10.0. The highest BCUT2D eigenvalue weighted by atomic mass is 32.2. The summed E-state index contributed by atoms with van der Waals surface area (Å²) in [5.74, 6) is -0.615. The van der Waals surface area contributed by atoms with Crippen LogP contribution in [0.4, 0.5) is 5.13 Å². The molecule has 5 rings (SSSR count). The first-order valence-electron chi connectivity index (χ1n) is 10.7. The van der Waals surface area contributed by atoms with Gasteiger partial charge in [0.15, 0.2) is 5.13 Å². The van der Waals surface area contributed by atoms with Crippen LogP contribution >= 0.6 is 23.3 Å². The SMILES string of the molecule is CO/N=C(\C(=O)N[C@@H]1C(=O)N2C(C(=O)[O-])=C(C[n+]3c(C)nn4c3CCC4)CS[C@H]12)c1nsc(N)n1. The van der Waals surface area contributed by atoms with Gasteiger partial charge in [-0.2, -0.15) is 9.36 Å². The molecule has 2 atom stereocenters. The van der Waals surface area contributed by atoms with Crippen molar-refractivity contribution in [1.29, 1.82) is 0 Å². The van der Waals surface area contributed by atoms with Crippen molar-refractivity contribution in [2.24, 2.45) is 5.16 Å². The number of rotatable bonds is 7. The molecular weight excluding hydrogens is 498 g/mol. The van der Waals surface area contributed by atoms with E-state index >= 15 is 0 Å². The lowest BCUT2D eigenvalue weighted by Gasteiger charge is -2.50. The topological polar surface area (TPSA) is 185 Å². The van der Waals surface area contributed by atoms with E-state index in [1.165, 1.54) is 23.8 Å². The number of thioether (sulfide) groups is 1. The van der Waals surface area contributed by atoms with Crippen molar-refractivity contribution in [3.8, 4) is 0 Å². The van der Waals surface area contributed by atoms with Crippen LogP contribution in [0.25, 0.3) is 0 Å². The fourth-order valence-corrected chi connectivity index (χ4v) is 6.22. The predicted octanol–water partition coefficient (Wildman–Crippen LogP) is -2.69. The number of anilines is 1.